The van der Waals surface area contributed by atoms with Gasteiger partial charge in [0.05, 0.1) is 17.6 Å². The summed E-state index contributed by atoms with van der Waals surface area (Å²) in [6, 6.07) is -0.861. The fourth-order valence-electron chi connectivity index (χ4n) is 3.69. The molecule has 0 saturated heterocycles. The monoisotopic (exact) mass is 439 g/mol. The van der Waals surface area contributed by atoms with Gasteiger partial charge in [-0.05, 0) is 51.5 Å². The molecule has 2 aromatic heterocycles. The first-order valence-electron chi connectivity index (χ1n) is 9.29. The van der Waals surface area contributed by atoms with E-state index in [1.165, 1.54) is 6.20 Å². The number of nitrogens with zero attached hydrogens (tertiary/aromatic N) is 3. The average molecular weight is 440 g/mol. The third-order valence-electron chi connectivity index (χ3n) is 5.05. The minimum absolute atomic E-state index is 0.0961. The molecular formula is C18H22FN5O3S2. The van der Waals surface area contributed by atoms with E-state index in [0.717, 1.165) is 41.9 Å². The number of hydrogen-bond acceptors (Lipinski definition) is 6. The van der Waals surface area contributed by atoms with Crippen LogP contribution in [0.25, 0.3) is 0 Å². The Balaban J connectivity index is 1.66. The Kier molecular flexibility index (Phi) is 4.96. The molecule has 0 fully saturated rings. The summed E-state index contributed by atoms with van der Waals surface area (Å²) in [6.45, 7) is 3.08. The molecule has 0 bridgehead atoms. The van der Waals surface area contributed by atoms with Crippen LogP contribution in [0.1, 0.15) is 60.4 Å². The number of urea groups is 1. The molecule has 11 heteroatoms. The molecule has 2 aliphatic carbocycles. The zero-order chi connectivity index (χ0) is 21.0. The van der Waals surface area contributed by atoms with E-state index in [2.05, 4.69) is 19.6 Å². The highest BCUT2D eigenvalue weighted by atomic mass is 32.2. The number of rotatable bonds is 3. The van der Waals surface area contributed by atoms with Crippen LogP contribution in [-0.4, -0.2) is 25.3 Å². The molecule has 0 radical (unpaired) electrons. The second-order valence-corrected chi connectivity index (χ2v) is 10.8. The topological polar surface area (TPSA) is 131 Å². The summed E-state index contributed by atoms with van der Waals surface area (Å²) in [6.07, 6.45) is 3.30. The van der Waals surface area contributed by atoms with Gasteiger partial charge in [0, 0.05) is 11.3 Å². The zero-order valence-electron chi connectivity index (χ0n) is 16.1. The van der Waals surface area contributed by atoms with E-state index >= 15 is 0 Å². The predicted molar refractivity (Wildman–Crippen MR) is 108 cm³/mol. The van der Waals surface area contributed by atoms with Crippen molar-refractivity contribution in [2.24, 2.45) is 9.50 Å². The second-order valence-electron chi connectivity index (χ2n) is 7.77. The van der Waals surface area contributed by atoms with Crippen molar-refractivity contribution in [3.05, 3.63) is 33.7 Å². The van der Waals surface area contributed by atoms with Gasteiger partial charge in [0.1, 0.15) is 21.0 Å². The number of carbonyl (C=O) groups excluding carboxylic acids is 1. The van der Waals surface area contributed by atoms with Crippen molar-refractivity contribution in [3.63, 3.8) is 0 Å². The molecule has 2 heterocycles. The summed E-state index contributed by atoms with van der Waals surface area (Å²) < 4.78 is 30.8. The van der Waals surface area contributed by atoms with Crippen LogP contribution >= 0.6 is 11.3 Å². The van der Waals surface area contributed by atoms with Gasteiger partial charge in [-0.15, -0.1) is 15.7 Å². The number of aromatic nitrogens is 2. The Bertz CT molecular complexity index is 1120. The molecular weight excluding hydrogens is 417 g/mol. The van der Waals surface area contributed by atoms with Crippen LogP contribution in [0.3, 0.4) is 0 Å². The standard InChI is InChI=1S/C18H22FN5O3S2/c1-18(2,26)16-21-8-13(28-16)29(20,27)24-17(25)23-14-9-4-3-5-12(9)22-15-10(14)6-7-11(15)19/h8,11,26H,3-7H2,1-2H3,(H3,20,22,23,24,25,27). The maximum absolute atomic E-state index is 14.2. The average Bonchev–Trinajstić information content (AvgIpc) is 3.33. The predicted octanol–water partition coefficient (Wildman–Crippen LogP) is 3.14. The molecule has 2 unspecified atom stereocenters. The van der Waals surface area contributed by atoms with Crippen LogP contribution in [0.2, 0.25) is 0 Å². The molecule has 2 atom stereocenters. The number of carbonyl (C=O) groups is 1. The summed E-state index contributed by atoms with van der Waals surface area (Å²) in [7, 11) is -3.54. The number of anilines is 1. The van der Waals surface area contributed by atoms with Gasteiger partial charge in [-0.1, -0.05) is 0 Å². The molecule has 8 nitrogen and oxygen atoms in total. The fourth-order valence-corrected chi connectivity index (χ4v) is 5.75. The maximum atomic E-state index is 14.2. The van der Waals surface area contributed by atoms with Crippen LogP contribution < -0.4 is 10.5 Å². The van der Waals surface area contributed by atoms with E-state index in [9.17, 15) is 18.5 Å². The number of nitrogens with two attached hydrogens (primary N) is 1. The van der Waals surface area contributed by atoms with Gasteiger partial charge in [-0.2, -0.15) is 0 Å². The number of aryl methyl sites for hydroxylation is 1. The van der Waals surface area contributed by atoms with Gasteiger partial charge in [-0.25, -0.2) is 23.5 Å². The molecule has 2 amide bonds. The van der Waals surface area contributed by atoms with E-state index in [1.807, 2.05) is 0 Å². The number of aliphatic hydroxyl groups is 1. The largest absolute Gasteiger partial charge is 0.383 e. The van der Waals surface area contributed by atoms with Gasteiger partial charge >= 0.3 is 6.03 Å². The zero-order valence-corrected chi connectivity index (χ0v) is 17.7. The molecule has 0 spiro atoms. The third kappa shape index (κ3) is 3.79. The molecule has 0 saturated carbocycles. The van der Waals surface area contributed by atoms with Gasteiger partial charge < -0.3 is 10.4 Å². The lowest BCUT2D eigenvalue weighted by atomic mass is 10.1. The summed E-state index contributed by atoms with van der Waals surface area (Å²) in [5.74, 6) is 0. The van der Waals surface area contributed by atoms with Gasteiger partial charge in [0.15, 0.2) is 9.92 Å². The quantitative estimate of drug-likeness (QED) is 0.676. The van der Waals surface area contributed by atoms with Gasteiger partial charge in [0.25, 0.3) is 0 Å². The maximum Gasteiger partial charge on any atom is 0.354 e. The number of alkyl halides is 1. The fraction of sp³-hybridized carbons (Fsp3) is 0.500. The first-order valence-corrected chi connectivity index (χ1v) is 11.7. The summed E-state index contributed by atoms with van der Waals surface area (Å²) in [5.41, 5.74) is 2.08. The molecule has 156 valence electrons. The smallest absolute Gasteiger partial charge is 0.354 e. The molecule has 2 aromatic rings. The number of hydrogen-bond donors (Lipinski definition) is 3. The molecule has 4 N–H and O–H groups in total. The SMILES string of the molecule is CC(C)(O)c1ncc(S(N)(=O)=NC(=O)Nc2c3c(nc4c2CCC4F)CCC3)s1. The Morgan fingerprint density at radius 2 is 2.17 bits per heavy atom. The van der Waals surface area contributed by atoms with E-state index in [1.54, 1.807) is 13.8 Å². The number of fused-ring (bicyclic) bond motifs is 2. The number of amides is 2. The first kappa shape index (κ1) is 20.3. The van der Waals surface area contributed by atoms with Gasteiger partial charge in [-0.3, -0.25) is 4.98 Å². The van der Waals surface area contributed by atoms with Crippen molar-refractivity contribution < 1.29 is 18.5 Å². The van der Waals surface area contributed by atoms with Crippen molar-refractivity contribution >= 4 is 33.0 Å². The van der Waals surface area contributed by atoms with E-state index in [-0.39, 0.29) is 4.21 Å². The number of pyridine rings is 1. The van der Waals surface area contributed by atoms with Crippen LogP contribution in [-0.2, 0) is 34.8 Å². The summed E-state index contributed by atoms with van der Waals surface area (Å²) in [5, 5.41) is 18.8. The lowest BCUT2D eigenvalue weighted by Crippen LogP contribution is -2.18. The first-order chi connectivity index (χ1) is 13.6. The minimum Gasteiger partial charge on any atom is -0.383 e. The van der Waals surface area contributed by atoms with Crippen LogP contribution in [0.5, 0.6) is 0 Å². The van der Waals surface area contributed by atoms with Crippen molar-refractivity contribution in [1.29, 1.82) is 0 Å². The van der Waals surface area contributed by atoms with E-state index in [4.69, 9.17) is 5.14 Å². The van der Waals surface area contributed by atoms with Crippen molar-refractivity contribution in [2.75, 3.05) is 5.32 Å². The molecule has 2 aliphatic rings. The third-order valence-corrected chi connectivity index (χ3v) is 8.24. The lowest BCUT2D eigenvalue weighted by Gasteiger charge is -2.14. The Labute approximate surface area is 172 Å². The van der Waals surface area contributed by atoms with Crippen molar-refractivity contribution in [1.82, 2.24) is 9.97 Å². The molecule has 29 heavy (non-hydrogen) atoms. The van der Waals surface area contributed by atoms with Crippen LogP contribution in [0.4, 0.5) is 14.9 Å². The Hall–Kier alpha value is -1.95. The van der Waals surface area contributed by atoms with E-state index < -0.39 is 27.7 Å². The number of thiazole rings is 1. The highest BCUT2D eigenvalue weighted by molar-refractivity contribution is 7.93. The Morgan fingerprint density at radius 1 is 1.41 bits per heavy atom. The number of halogens is 1. The highest BCUT2D eigenvalue weighted by Crippen LogP contribution is 2.42. The van der Waals surface area contributed by atoms with E-state index in [0.29, 0.717) is 34.8 Å². The molecule has 0 aliphatic heterocycles. The molecule has 0 aromatic carbocycles. The minimum atomic E-state index is -3.54. The highest BCUT2D eigenvalue weighted by Gasteiger charge is 2.32. The van der Waals surface area contributed by atoms with Crippen molar-refractivity contribution in [2.45, 2.75) is 61.9 Å². The second kappa shape index (κ2) is 7.08. The van der Waals surface area contributed by atoms with Crippen molar-refractivity contribution in [3.8, 4) is 0 Å². The lowest BCUT2D eigenvalue weighted by molar-refractivity contribution is 0.0783. The van der Waals surface area contributed by atoms with Crippen LogP contribution in [0.15, 0.2) is 14.8 Å². The van der Waals surface area contributed by atoms with Crippen LogP contribution in [0, 0.1) is 0 Å². The summed E-state index contributed by atoms with van der Waals surface area (Å²) in [4.78, 5) is 21.0. The normalized spacial score (nSPS) is 20.1. The Morgan fingerprint density at radius 3 is 2.86 bits per heavy atom. The van der Waals surface area contributed by atoms with Gasteiger partial charge in [0.2, 0.25) is 0 Å². The molecule has 4 rings (SSSR count). The number of nitrogens with one attached hydrogen (secondary N) is 1. The summed E-state index contributed by atoms with van der Waals surface area (Å²) >= 11 is 0.941.